The molecule has 0 saturated carbocycles. The summed E-state index contributed by atoms with van der Waals surface area (Å²) in [6.07, 6.45) is 6.19. The van der Waals surface area contributed by atoms with E-state index in [1.54, 1.807) is 132 Å². The molecule has 7 aromatic rings. The molecule has 0 unspecified atom stereocenters. The summed E-state index contributed by atoms with van der Waals surface area (Å²) in [7, 11) is -27.0. The highest BCUT2D eigenvalue weighted by molar-refractivity contribution is 9.10. The second-order valence-corrected chi connectivity index (χ2v) is 34.5. The van der Waals surface area contributed by atoms with Crippen LogP contribution in [0.2, 0.25) is 0 Å². The minimum Gasteiger partial charge on any atom is -0.423 e. The number of pyridine rings is 4. The summed E-state index contributed by atoms with van der Waals surface area (Å²) < 4.78 is 121. The van der Waals surface area contributed by atoms with Crippen LogP contribution in [0.25, 0.3) is 22.3 Å². The number of nitrogens with zero attached hydrogens (tertiary/aromatic N) is 4. The van der Waals surface area contributed by atoms with Crippen LogP contribution >= 0.6 is 111 Å². The number of halogens is 2. The van der Waals surface area contributed by atoms with Crippen molar-refractivity contribution in [1.82, 2.24) is 19.9 Å². The Bertz CT molecular complexity index is 3380. The van der Waals surface area contributed by atoms with E-state index in [-0.39, 0.29) is 58.7 Å². The number of nitrogens with two attached hydrogens (primary N) is 1. The van der Waals surface area contributed by atoms with Crippen LogP contribution in [0, 0.1) is 0 Å². The largest absolute Gasteiger partial charge is 0.489 e. The lowest BCUT2D eigenvalue weighted by Crippen LogP contribution is -2.27. The third kappa shape index (κ3) is 27.8. The summed E-state index contributed by atoms with van der Waals surface area (Å²) >= 11 is 11.1. The summed E-state index contributed by atoms with van der Waals surface area (Å²) in [5.41, 5.74) is 4.36. The molecule has 0 aliphatic rings. The summed E-state index contributed by atoms with van der Waals surface area (Å²) in [5, 5.41) is 36.1. The first-order chi connectivity index (χ1) is 43.0. The van der Waals surface area contributed by atoms with Crippen molar-refractivity contribution in [3.63, 3.8) is 0 Å². The summed E-state index contributed by atoms with van der Waals surface area (Å²) in [6, 6.07) is 19.2. The fraction of sp³-hybridized carbons (Fsp3) is 0.373. The van der Waals surface area contributed by atoms with Crippen molar-refractivity contribution < 1.29 is 93.2 Å². The van der Waals surface area contributed by atoms with E-state index in [0.717, 1.165) is 25.6 Å². The van der Waals surface area contributed by atoms with Crippen molar-refractivity contribution in [2.75, 3.05) is 74.5 Å². The Balaban J connectivity index is 0.000000318. The first-order valence-corrected chi connectivity index (χ1v) is 41.6. The standard InChI is InChI=1S/C18H28N2O6P2S.C14H25BrN2O6P2.C10H12N2O6P2S.C5H5BrN2.C4H5BO2S/c1-5-23-27(21,24-6-2)18(28(22,25-7-3)26-8-4)20-17-13-15(9-11-19-17)16-10-12-29-14-16;1-5-20-24(18,21-6-2)14(25(19,22-7-3)23-8-4)17-13-11-12(15)9-10-16-13;13-19(14,15)10(20(16,17)18)12-9-5-7(1-3-11-9)8-2-4-21-6-8;6-4-1-2-8-5(7)3-4;6-5(7)4-1-2-8-3-4/h9-14,18H,5-8H2,1-4H3,(H,19,20);9-11,14H,5-8H2,1-4H3,(H,16,17);1-6,10H,(H,11,12)(H2,13,14,15)(H2,16,17,18);1-3H,(H2,7,8);1-3,6-7H. The lowest BCUT2D eigenvalue weighted by molar-refractivity contribution is 0.196. The zero-order valence-electron chi connectivity index (χ0n) is 50.5. The monoisotopic (exact) mass is 1570 g/mol. The van der Waals surface area contributed by atoms with Crippen LogP contribution in [0.1, 0.15) is 55.4 Å². The lowest BCUT2D eigenvalue weighted by Gasteiger charge is -2.32. The molecule has 0 saturated heterocycles. The van der Waals surface area contributed by atoms with Gasteiger partial charge in [-0.2, -0.15) is 34.0 Å². The molecule has 91 heavy (non-hydrogen) atoms. The molecular weight excluding hydrogens is 1500 g/mol. The van der Waals surface area contributed by atoms with Crippen molar-refractivity contribution in [3.8, 4) is 22.3 Å². The highest BCUT2D eigenvalue weighted by Crippen LogP contribution is 2.71. The van der Waals surface area contributed by atoms with Gasteiger partial charge in [0, 0.05) is 33.7 Å². The number of hydrogen-bond acceptors (Lipinski definition) is 27. The van der Waals surface area contributed by atoms with E-state index >= 15 is 0 Å². The van der Waals surface area contributed by atoms with Gasteiger partial charge in [-0.3, -0.25) is 27.4 Å². The van der Waals surface area contributed by atoms with E-state index in [1.807, 2.05) is 45.8 Å². The zero-order valence-corrected chi connectivity index (χ0v) is 61.5. The van der Waals surface area contributed by atoms with Crippen molar-refractivity contribution >= 4 is 147 Å². The van der Waals surface area contributed by atoms with Crippen molar-refractivity contribution in [3.05, 3.63) is 133 Å². The van der Waals surface area contributed by atoms with E-state index in [9.17, 15) is 27.4 Å². The average Bonchev–Trinajstić information content (AvgIpc) is 1.43. The van der Waals surface area contributed by atoms with Crippen LogP contribution in [-0.4, -0.2) is 126 Å². The number of aromatic nitrogens is 4. The van der Waals surface area contributed by atoms with Gasteiger partial charge in [-0.05, 0) is 176 Å². The predicted molar refractivity (Wildman–Crippen MR) is 367 cm³/mol. The minimum absolute atomic E-state index is 0.0321. The van der Waals surface area contributed by atoms with Crippen molar-refractivity contribution in [2.24, 2.45) is 0 Å². The van der Waals surface area contributed by atoms with Gasteiger partial charge in [0.25, 0.3) is 0 Å². The third-order valence-corrected chi connectivity index (χ3v) is 28.3. The molecule has 0 fully saturated rings. The first kappa shape index (κ1) is 82.0. The zero-order chi connectivity index (χ0) is 67.9. The Labute approximate surface area is 558 Å². The predicted octanol–water partition coefficient (Wildman–Crippen LogP) is 13.8. The molecule has 0 aliphatic heterocycles. The lowest BCUT2D eigenvalue weighted by atomic mass is 9.83. The molecule has 28 nitrogen and oxygen atoms in total. The maximum Gasteiger partial charge on any atom is 0.489 e. The Kier molecular flexibility index (Phi) is 36.9. The van der Waals surface area contributed by atoms with Crippen LogP contribution in [0.15, 0.2) is 133 Å². The minimum atomic E-state index is -5.05. The molecule has 0 bridgehead atoms. The van der Waals surface area contributed by atoms with Gasteiger partial charge in [0.1, 0.15) is 23.3 Å². The number of thiophene rings is 3. The van der Waals surface area contributed by atoms with Gasteiger partial charge in [0.2, 0.25) is 16.6 Å². The number of nitrogens with one attached hydrogen (secondary N) is 3. The number of rotatable bonds is 31. The molecule has 40 heteroatoms. The van der Waals surface area contributed by atoms with Crippen LogP contribution < -0.4 is 27.1 Å². The van der Waals surface area contributed by atoms with Gasteiger partial charge in [0.05, 0.1) is 52.9 Å². The van der Waals surface area contributed by atoms with E-state index in [1.165, 1.54) is 34.9 Å². The molecule has 0 aliphatic carbocycles. The molecule has 0 aromatic carbocycles. The molecule has 7 aromatic heterocycles. The number of anilines is 4. The van der Waals surface area contributed by atoms with Gasteiger partial charge < -0.3 is 87.5 Å². The van der Waals surface area contributed by atoms with Crippen LogP contribution in [0.4, 0.5) is 23.3 Å². The normalized spacial score (nSPS) is 11.9. The third-order valence-electron chi connectivity index (χ3n) is 10.7. The summed E-state index contributed by atoms with van der Waals surface area (Å²) in [4.78, 5) is 52.3. The van der Waals surface area contributed by atoms with Gasteiger partial charge in [-0.1, -0.05) is 37.9 Å². The maximum atomic E-state index is 13.6. The number of hydrogen-bond donors (Lipinski definition) is 10. The smallest absolute Gasteiger partial charge is 0.423 e. The molecule has 504 valence electrons. The van der Waals surface area contributed by atoms with Crippen LogP contribution in [0.5, 0.6) is 0 Å². The first-order valence-electron chi connectivity index (χ1n) is 27.3. The Hall–Kier alpha value is -3.26. The Morgan fingerprint density at radius 1 is 0.440 bits per heavy atom. The quantitative estimate of drug-likeness (QED) is 0.0142. The SMILES string of the molecule is CCOP(=O)(OCC)C(Nc1cc(-c2ccsc2)ccn1)P(=O)(OCC)OCC.CCOP(=O)(OCC)C(Nc1cc(Br)ccn1)P(=O)(OCC)OCC.Nc1cc(Br)ccn1.O=P(O)(O)C(Nc1cc(-c2ccsc2)ccn1)P(=O)(O)O.OB(O)c1ccsc1. The van der Waals surface area contributed by atoms with Crippen LogP contribution in [-0.2, 0) is 63.6 Å². The Morgan fingerprint density at radius 3 is 1.00 bits per heavy atom. The molecule has 0 spiro atoms. The Morgan fingerprint density at radius 2 is 0.747 bits per heavy atom. The molecule has 0 atom stereocenters. The second kappa shape index (κ2) is 41.0. The van der Waals surface area contributed by atoms with E-state index in [4.69, 9.17) is 71.5 Å². The topological polar surface area (TPSA) is 411 Å². The highest BCUT2D eigenvalue weighted by atomic mass is 79.9. The highest BCUT2D eigenvalue weighted by Gasteiger charge is 2.53. The summed E-state index contributed by atoms with van der Waals surface area (Å²) in [5.74, 6) is 1.20. The summed E-state index contributed by atoms with van der Waals surface area (Å²) in [6.45, 7) is 14.3. The fourth-order valence-electron chi connectivity index (χ4n) is 7.14. The fourth-order valence-corrected chi connectivity index (χ4v) is 21.8. The van der Waals surface area contributed by atoms with Crippen molar-refractivity contribution in [2.45, 2.75) is 72.0 Å². The van der Waals surface area contributed by atoms with Crippen LogP contribution in [0.3, 0.4) is 0 Å². The van der Waals surface area contributed by atoms with E-state index < -0.39 is 69.3 Å². The van der Waals surface area contributed by atoms with Gasteiger partial charge in [-0.15, -0.1) is 0 Å². The van der Waals surface area contributed by atoms with Gasteiger partial charge in [-0.25, -0.2) is 19.9 Å². The molecule has 0 radical (unpaired) electrons. The van der Waals surface area contributed by atoms with Gasteiger partial charge >= 0.3 is 52.7 Å². The average molecular weight is 1570 g/mol. The van der Waals surface area contributed by atoms with Crippen molar-refractivity contribution in [1.29, 1.82) is 0 Å². The molecule has 7 heterocycles. The maximum absolute atomic E-state index is 13.6. The molecule has 11 N–H and O–H groups in total. The van der Waals surface area contributed by atoms with Gasteiger partial charge in [0.15, 0.2) is 0 Å². The number of nitrogen functional groups attached to an aromatic ring is 1. The van der Waals surface area contributed by atoms with E-state index in [2.05, 4.69) is 67.7 Å². The molecule has 0 amide bonds. The second-order valence-electron chi connectivity index (χ2n) is 17.3. The molecular formula is C51H75BBr2N8O20P6S3. The molecule has 7 rings (SSSR count). The van der Waals surface area contributed by atoms with E-state index in [0.29, 0.717) is 28.5 Å².